The Bertz CT molecular complexity index is 399. The summed E-state index contributed by atoms with van der Waals surface area (Å²) in [6.07, 6.45) is -3.92. The van der Waals surface area contributed by atoms with Gasteiger partial charge in [0.15, 0.2) is 5.78 Å². The Morgan fingerprint density at radius 3 is 2.32 bits per heavy atom. The van der Waals surface area contributed by atoms with Gasteiger partial charge in [0.2, 0.25) is 0 Å². The van der Waals surface area contributed by atoms with E-state index < -0.39 is 12.8 Å². The molecule has 3 nitrogen and oxygen atoms in total. The normalized spacial score (nSPS) is 11.4. The summed E-state index contributed by atoms with van der Waals surface area (Å²) in [7, 11) is 0. The fourth-order valence-corrected chi connectivity index (χ4v) is 1.32. The number of ether oxygens (including phenoxy) is 2. The summed E-state index contributed by atoms with van der Waals surface area (Å²) in [6, 6.07) is 6.57. The Morgan fingerprint density at radius 1 is 1.16 bits per heavy atom. The molecule has 0 N–H and O–H groups in total. The summed E-state index contributed by atoms with van der Waals surface area (Å²) in [5, 5.41) is 0. The lowest BCUT2D eigenvalue weighted by Crippen LogP contribution is -2.18. The number of Topliss-reactive ketones (excluding diaryl/α,β-unsaturated/α-hetero) is 1. The monoisotopic (exact) mass is 276 g/mol. The van der Waals surface area contributed by atoms with Crippen LogP contribution >= 0.6 is 0 Å². The van der Waals surface area contributed by atoms with Crippen LogP contribution in [-0.2, 0) is 4.74 Å². The zero-order chi connectivity index (χ0) is 14.3. The average molecular weight is 276 g/mol. The molecule has 0 bridgehead atoms. The van der Waals surface area contributed by atoms with Crippen molar-refractivity contribution in [2.24, 2.45) is 0 Å². The highest BCUT2D eigenvalue weighted by molar-refractivity contribution is 5.94. The molecular formula is C13H15F3O3. The lowest BCUT2D eigenvalue weighted by atomic mass is 10.1. The van der Waals surface area contributed by atoms with Crippen molar-refractivity contribution in [1.82, 2.24) is 0 Å². The van der Waals surface area contributed by atoms with E-state index in [-0.39, 0.29) is 19.0 Å². The van der Waals surface area contributed by atoms with E-state index >= 15 is 0 Å². The van der Waals surface area contributed by atoms with Crippen LogP contribution in [0.3, 0.4) is 0 Å². The van der Waals surface area contributed by atoms with Crippen molar-refractivity contribution in [3.63, 3.8) is 0 Å². The molecule has 106 valence electrons. The van der Waals surface area contributed by atoms with Gasteiger partial charge in [0.05, 0.1) is 13.2 Å². The van der Waals surface area contributed by atoms with Crippen molar-refractivity contribution in [3.05, 3.63) is 29.8 Å². The number of carbonyl (C=O) groups excluding carboxylic acids is 1. The number of alkyl halides is 3. The van der Waals surface area contributed by atoms with Gasteiger partial charge in [-0.25, -0.2) is 0 Å². The van der Waals surface area contributed by atoms with Gasteiger partial charge in [-0.15, -0.1) is 0 Å². The van der Waals surface area contributed by atoms with Crippen molar-refractivity contribution in [2.75, 3.05) is 19.8 Å². The van der Waals surface area contributed by atoms with Gasteiger partial charge in [0.25, 0.3) is 0 Å². The van der Waals surface area contributed by atoms with Gasteiger partial charge in [0, 0.05) is 12.0 Å². The van der Waals surface area contributed by atoms with E-state index in [9.17, 15) is 18.0 Å². The SMILES string of the molecule is CC(=O)c1ccc(OCCCOCC(F)(F)F)cc1. The lowest BCUT2D eigenvalue weighted by Gasteiger charge is -2.08. The Labute approximate surface area is 109 Å². The average Bonchev–Trinajstić information content (AvgIpc) is 2.33. The number of rotatable bonds is 7. The predicted octanol–water partition coefficient (Wildman–Crippen LogP) is 3.24. The van der Waals surface area contributed by atoms with E-state index in [1.54, 1.807) is 24.3 Å². The minimum Gasteiger partial charge on any atom is -0.494 e. The third kappa shape index (κ3) is 6.81. The smallest absolute Gasteiger partial charge is 0.411 e. The van der Waals surface area contributed by atoms with Crippen LogP contribution in [0.4, 0.5) is 13.2 Å². The molecule has 0 aliphatic heterocycles. The predicted molar refractivity (Wildman–Crippen MR) is 63.4 cm³/mol. The highest BCUT2D eigenvalue weighted by Gasteiger charge is 2.27. The highest BCUT2D eigenvalue weighted by atomic mass is 19.4. The maximum Gasteiger partial charge on any atom is 0.411 e. The summed E-state index contributed by atoms with van der Waals surface area (Å²) in [6.45, 7) is 0.483. The second kappa shape index (κ2) is 7.13. The van der Waals surface area contributed by atoms with Gasteiger partial charge < -0.3 is 9.47 Å². The number of hydrogen-bond donors (Lipinski definition) is 0. The first kappa shape index (κ1) is 15.5. The molecule has 0 radical (unpaired) electrons. The highest BCUT2D eigenvalue weighted by Crippen LogP contribution is 2.15. The molecule has 1 aromatic rings. The van der Waals surface area contributed by atoms with Crippen LogP contribution in [0.15, 0.2) is 24.3 Å². The molecule has 0 saturated carbocycles. The molecule has 0 saturated heterocycles. The number of carbonyl (C=O) groups is 1. The molecule has 0 atom stereocenters. The molecule has 0 aliphatic rings. The molecule has 0 aromatic heterocycles. The van der Waals surface area contributed by atoms with Crippen LogP contribution in [0.2, 0.25) is 0 Å². The summed E-state index contributed by atoms with van der Waals surface area (Å²) in [5.41, 5.74) is 0.584. The largest absolute Gasteiger partial charge is 0.494 e. The maximum absolute atomic E-state index is 11.7. The fraction of sp³-hybridized carbons (Fsp3) is 0.462. The second-order valence-electron chi connectivity index (χ2n) is 3.95. The van der Waals surface area contributed by atoms with Crippen molar-refractivity contribution in [2.45, 2.75) is 19.5 Å². The van der Waals surface area contributed by atoms with Crippen molar-refractivity contribution >= 4 is 5.78 Å². The fourth-order valence-electron chi connectivity index (χ4n) is 1.32. The number of halogens is 3. The third-order valence-electron chi connectivity index (χ3n) is 2.23. The van der Waals surface area contributed by atoms with Gasteiger partial charge in [0.1, 0.15) is 12.4 Å². The molecule has 0 unspecified atom stereocenters. The Balaban J connectivity index is 2.17. The first-order valence-corrected chi connectivity index (χ1v) is 5.77. The first-order valence-electron chi connectivity index (χ1n) is 5.77. The first-order chi connectivity index (χ1) is 8.88. The zero-order valence-corrected chi connectivity index (χ0v) is 10.5. The molecule has 19 heavy (non-hydrogen) atoms. The van der Waals surface area contributed by atoms with Crippen LogP contribution in [-0.4, -0.2) is 31.8 Å². The van der Waals surface area contributed by atoms with Crippen LogP contribution in [0, 0.1) is 0 Å². The zero-order valence-electron chi connectivity index (χ0n) is 10.5. The second-order valence-corrected chi connectivity index (χ2v) is 3.95. The van der Waals surface area contributed by atoms with E-state index in [0.717, 1.165) is 0 Å². The molecule has 0 fully saturated rings. The molecule has 6 heteroatoms. The maximum atomic E-state index is 11.7. The van der Waals surface area contributed by atoms with Crippen molar-refractivity contribution < 1.29 is 27.4 Å². The topological polar surface area (TPSA) is 35.5 Å². The summed E-state index contributed by atoms with van der Waals surface area (Å²) < 4.78 is 45.0. The molecule has 0 aliphatic carbocycles. The van der Waals surface area contributed by atoms with Gasteiger partial charge >= 0.3 is 6.18 Å². The van der Waals surface area contributed by atoms with Crippen LogP contribution in [0.5, 0.6) is 5.75 Å². The summed E-state index contributed by atoms with van der Waals surface area (Å²) in [5.74, 6) is 0.535. The Morgan fingerprint density at radius 2 is 1.79 bits per heavy atom. The number of ketones is 1. The Hall–Kier alpha value is -1.56. The number of benzene rings is 1. The van der Waals surface area contributed by atoms with Crippen molar-refractivity contribution in [3.8, 4) is 5.75 Å². The minimum atomic E-state index is -4.29. The van der Waals surface area contributed by atoms with Gasteiger partial charge in [-0.3, -0.25) is 4.79 Å². The van der Waals surface area contributed by atoms with Gasteiger partial charge in [-0.1, -0.05) is 0 Å². The lowest BCUT2D eigenvalue weighted by molar-refractivity contribution is -0.174. The van der Waals surface area contributed by atoms with Gasteiger partial charge in [-0.2, -0.15) is 13.2 Å². The van der Waals surface area contributed by atoms with Gasteiger partial charge in [-0.05, 0) is 31.2 Å². The van der Waals surface area contributed by atoms with Crippen molar-refractivity contribution in [1.29, 1.82) is 0 Å². The van der Waals surface area contributed by atoms with E-state index in [1.165, 1.54) is 6.92 Å². The minimum absolute atomic E-state index is 0.00889. The van der Waals surface area contributed by atoms with E-state index in [0.29, 0.717) is 17.7 Å². The molecule has 0 amide bonds. The molecule has 1 aromatic carbocycles. The molecule has 0 heterocycles. The van der Waals surface area contributed by atoms with E-state index in [4.69, 9.17) is 4.74 Å². The summed E-state index contributed by atoms with van der Waals surface area (Å²) >= 11 is 0. The third-order valence-corrected chi connectivity index (χ3v) is 2.23. The van der Waals surface area contributed by atoms with Crippen LogP contribution < -0.4 is 4.74 Å². The van der Waals surface area contributed by atoms with Crippen LogP contribution in [0.25, 0.3) is 0 Å². The van der Waals surface area contributed by atoms with E-state index in [2.05, 4.69) is 4.74 Å². The van der Waals surface area contributed by atoms with Crippen LogP contribution in [0.1, 0.15) is 23.7 Å². The molecule has 0 spiro atoms. The molecular weight excluding hydrogens is 261 g/mol. The summed E-state index contributed by atoms with van der Waals surface area (Å²) in [4.78, 5) is 11.0. The van der Waals surface area contributed by atoms with E-state index in [1.807, 2.05) is 0 Å². The quantitative estimate of drug-likeness (QED) is 0.566. The molecule has 1 rings (SSSR count). The standard InChI is InChI=1S/C13H15F3O3/c1-10(17)11-3-5-12(6-4-11)19-8-2-7-18-9-13(14,15)16/h3-6H,2,7-9H2,1H3. The number of hydrogen-bond acceptors (Lipinski definition) is 3. The Kier molecular flexibility index (Phi) is 5.82.